The summed E-state index contributed by atoms with van der Waals surface area (Å²) in [5.41, 5.74) is 2.76. The van der Waals surface area contributed by atoms with Crippen molar-refractivity contribution in [1.82, 2.24) is 0 Å². The summed E-state index contributed by atoms with van der Waals surface area (Å²) < 4.78 is 0. The molecule has 0 fully saturated rings. The van der Waals surface area contributed by atoms with Gasteiger partial charge in [0.05, 0.1) is 16.3 Å². The Balaban J connectivity index is 1.58. The van der Waals surface area contributed by atoms with E-state index in [1.165, 1.54) is 11.8 Å². The van der Waals surface area contributed by atoms with Crippen LogP contribution in [0.5, 0.6) is 0 Å². The van der Waals surface area contributed by atoms with Gasteiger partial charge in [-0.1, -0.05) is 58.7 Å². The van der Waals surface area contributed by atoms with E-state index in [0.29, 0.717) is 22.2 Å². The number of oxime groups is 1. The van der Waals surface area contributed by atoms with Crippen molar-refractivity contribution < 1.29 is 9.63 Å². The minimum absolute atomic E-state index is 0.121. The molecule has 4 nitrogen and oxygen atoms in total. The third kappa shape index (κ3) is 3.49. The Hall–Kier alpha value is -2.04. The summed E-state index contributed by atoms with van der Waals surface area (Å²) in [6, 6.07) is 13.1. The van der Waals surface area contributed by atoms with E-state index in [2.05, 4.69) is 5.16 Å². The summed E-state index contributed by atoms with van der Waals surface area (Å²) in [7, 11) is 0. The first-order valence-corrected chi connectivity index (χ1v) is 7.90. The normalized spacial score (nSPS) is 13.4. The molecule has 6 heteroatoms. The maximum atomic E-state index is 12.2. The lowest BCUT2D eigenvalue weighted by Gasteiger charge is -2.16. The van der Waals surface area contributed by atoms with Crippen molar-refractivity contribution in [3.05, 3.63) is 63.6 Å². The average molecular weight is 349 g/mol. The zero-order valence-corrected chi connectivity index (χ0v) is 13.7. The van der Waals surface area contributed by atoms with E-state index in [1.54, 1.807) is 23.1 Å². The van der Waals surface area contributed by atoms with Gasteiger partial charge in [0.1, 0.15) is 0 Å². The molecular formula is C17H14Cl2N2O2. The van der Waals surface area contributed by atoms with Crippen LogP contribution >= 0.6 is 23.2 Å². The molecule has 0 saturated carbocycles. The third-order valence-corrected chi connectivity index (χ3v) is 4.46. The molecule has 0 saturated heterocycles. The van der Waals surface area contributed by atoms with Crippen molar-refractivity contribution in [1.29, 1.82) is 0 Å². The van der Waals surface area contributed by atoms with Gasteiger partial charge in [0.15, 0.2) is 6.61 Å². The van der Waals surface area contributed by atoms with E-state index >= 15 is 0 Å². The fourth-order valence-electron chi connectivity index (χ4n) is 2.48. The van der Waals surface area contributed by atoms with Crippen molar-refractivity contribution in [3.8, 4) is 0 Å². The lowest BCUT2D eigenvalue weighted by atomic mass is 10.2. The first kappa shape index (κ1) is 15.8. The number of nitrogens with zero attached hydrogens (tertiary/aromatic N) is 2. The summed E-state index contributed by atoms with van der Waals surface area (Å²) in [5, 5.41) is 4.64. The predicted octanol–water partition coefficient (Wildman–Crippen LogP) is 3.93. The molecule has 0 bridgehead atoms. The molecule has 0 radical (unpaired) electrons. The maximum Gasteiger partial charge on any atom is 0.267 e. The van der Waals surface area contributed by atoms with Crippen molar-refractivity contribution in [2.75, 3.05) is 18.1 Å². The number of amides is 1. The molecule has 1 aliphatic heterocycles. The quantitative estimate of drug-likeness (QED) is 0.620. The van der Waals surface area contributed by atoms with Crippen LogP contribution < -0.4 is 4.90 Å². The van der Waals surface area contributed by atoms with Gasteiger partial charge in [-0.05, 0) is 24.1 Å². The average Bonchev–Trinajstić information content (AvgIpc) is 2.99. The highest BCUT2D eigenvalue weighted by Gasteiger charge is 2.24. The lowest BCUT2D eigenvalue weighted by molar-refractivity contribution is -0.122. The maximum absolute atomic E-state index is 12.2. The van der Waals surface area contributed by atoms with E-state index in [0.717, 1.165) is 12.1 Å². The Bertz CT molecular complexity index is 762. The van der Waals surface area contributed by atoms with Crippen LogP contribution in [0.2, 0.25) is 10.0 Å². The van der Waals surface area contributed by atoms with Crippen LogP contribution in [0.3, 0.4) is 0 Å². The first-order chi connectivity index (χ1) is 11.2. The Labute approximate surface area is 144 Å². The topological polar surface area (TPSA) is 41.9 Å². The van der Waals surface area contributed by atoms with Crippen LogP contribution in [0.1, 0.15) is 11.1 Å². The van der Waals surface area contributed by atoms with Gasteiger partial charge >= 0.3 is 0 Å². The number of hydrogen-bond donors (Lipinski definition) is 0. The summed E-state index contributed by atoms with van der Waals surface area (Å²) in [5.74, 6) is -0.121. The Morgan fingerprint density at radius 1 is 1.22 bits per heavy atom. The number of carbonyl (C=O) groups excluding carboxylic acids is 1. The molecule has 2 aromatic carbocycles. The monoisotopic (exact) mass is 348 g/mol. The molecule has 0 spiro atoms. The number of carbonyl (C=O) groups is 1. The van der Waals surface area contributed by atoms with Crippen LogP contribution in [-0.4, -0.2) is 25.3 Å². The minimum Gasteiger partial charge on any atom is -0.386 e. The van der Waals surface area contributed by atoms with Gasteiger partial charge < -0.3 is 9.74 Å². The van der Waals surface area contributed by atoms with Crippen LogP contribution in [0.25, 0.3) is 0 Å². The van der Waals surface area contributed by atoms with Gasteiger partial charge in [-0.3, -0.25) is 4.79 Å². The molecule has 0 aliphatic carbocycles. The molecule has 0 atom stereocenters. The minimum atomic E-state index is -0.122. The Morgan fingerprint density at radius 2 is 2.04 bits per heavy atom. The third-order valence-electron chi connectivity index (χ3n) is 3.62. The van der Waals surface area contributed by atoms with Gasteiger partial charge in [-0.25, -0.2) is 0 Å². The summed E-state index contributed by atoms with van der Waals surface area (Å²) in [6.07, 6.45) is 2.31. The van der Waals surface area contributed by atoms with Gasteiger partial charge in [-0.2, -0.15) is 0 Å². The summed E-state index contributed by atoms with van der Waals surface area (Å²) >= 11 is 12.0. The molecule has 0 N–H and O–H groups in total. The Morgan fingerprint density at radius 3 is 2.91 bits per heavy atom. The highest BCUT2D eigenvalue weighted by Crippen LogP contribution is 2.27. The van der Waals surface area contributed by atoms with Crippen molar-refractivity contribution in [3.63, 3.8) is 0 Å². The molecule has 118 valence electrons. The SMILES string of the molecule is O=C(CO/N=C\c1cccc(Cl)c1Cl)N1CCc2ccccc21. The zero-order valence-electron chi connectivity index (χ0n) is 12.2. The molecule has 23 heavy (non-hydrogen) atoms. The zero-order chi connectivity index (χ0) is 16.2. The number of fused-ring (bicyclic) bond motifs is 1. The number of benzene rings is 2. The molecule has 1 heterocycles. The van der Waals surface area contributed by atoms with Crippen molar-refractivity contribution >= 4 is 41.0 Å². The molecule has 2 aromatic rings. The molecule has 1 amide bonds. The largest absolute Gasteiger partial charge is 0.386 e. The van der Waals surface area contributed by atoms with Gasteiger partial charge in [0.25, 0.3) is 5.91 Å². The fraction of sp³-hybridized carbons (Fsp3) is 0.176. The van der Waals surface area contributed by atoms with E-state index in [1.807, 2.05) is 24.3 Å². The lowest BCUT2D eigenvalue weighted by Crippen LogP contribution is -2.31. The first-order valence-electron chi connectivity index (χ1n) is 7.14. The van der Waals surface area contributed by atoms with E-state index in [4.69, 9.17) is 28.0 Å². The number of halogens is 2. The smallest absolute Gasteiger partial charge is 0.267 e. The van der Waals surface area contributed by atoms with E-state index in [9.17, 15) is 4.79 Å². The van der Waals surface area contributed by atoms with Crippen LogP contribution in [-0.2, 0) is 16.1 Å². The highest BCUT2D eigenvalue weighted by atomic mass is 35.5. The highest BCUT2D eigenvalue weighted by molar-refractivity contribution is 6.43. The van der Waals surface area contributed by atoms with Crippen molar-refractivity contribution in [2.45, 2.75) is 6.42 Å². The van der Waals surface area contributed by atoms with Crippen LogP contribution in [0.4, 0.5) is 5.69 Å². The predicted molar refractivity (Wildman–Crippen MR) is 92.5 cm³/mol. The van der Waals surface area contributed by atoms with Gasteiger partial charge in [-0.15, -0.1) is 0 Å². The second-order valence-corrected chi connectivity index (χ2v) is 5.86. The second-order valence-electron chi connectivity index (χ2n) is 5.08. The number of anilines is 1. The standard InChI is InChI=1S/C17H14Cl2N2O2/c18-14-6-3-5-13(17(14)19)10-20-23-11-16(22)21-9-8-12-4-1-2-7-15(12)21/h1-7,10H,8-9,11H2/b20-10-. The Kier molecular flexibility index (Phi) is 4.84. The van der Waals surface area contributed by atoms with Crippen LogP contribution in [0, 0.1) is 0 Å². The van der Waals surface area contributed by atoms with Gasteiger partial charge in [0, 0.05) is 17.8 Å². The molecule has 1 aliphatic rings. The number of hydrogen-bond acceptors (Lipinski definition) is 3. The van der Waals surface area contributed by atoms with Crippen LogP contribution in [0.15, 0.2) is 47.6 Å². The summed E-state index contributed by atoms with van der Waals surface area (Å²) in [6.45, 7) is 0.550. The number of rotatable bonds is 4. The van der Waals surface area contributed by atoms with Gasteiger partial charge in [0.2, 0.25) is 0 Å². The second kappa shape index (κ2) is 7.02. The molecular weight excluding hydrogens is 335 g/mol. The molecule has 0 unspecified atom stereocenters. The van der Waals surface area contributed by atoms with Crippen molar-refractivity contribution in [2.24, 2.45) is 5.16 Å². The number of para-hydroxylation sites is 1. The van der Waals surface area contributed by atoms with E-state index in [-0.39, 0.29) is 12.5 Å². The molecule has 3 rings (SSSR count). The molecule has 0 aromatic heterocycles. The fourth-order valence-corrected chi connectivity index (χ4v) is 2.84. The van der Waals surface area contributed by atoms with E-state index < -0.39 is 0 Å². The summed E-state index contributed by atoms with van der Waals surface area (Å²) in [4.78, 5) is 19.0.